The summed E-state index contributed by atoms with van der Waals surface area (Å²) < 4.78 is 27.3. The van der Waals surface area contributed by atoms with Crippen LogP contribution in [0.5, 0.6) is 5.75 Å². The minimum absolute atomic E-state index is 0.0492. The lowest BCUT2D eigenvalue weighted by atomic mass is 10.1. The summed E-state index contributed by atoms with van der Waals surface area (Å²) in [4.78, 5) is 22.9. The first kappa shape index (κ1) is 18.6. The van der Waals surface area contributed by atoms with Crippen molar-refractivity contribution in [2.75, 3.05) is 6.54 Å². The van der Waals surface area contributed by atoms with Gasteiger partial charge in [0.05, 0.1) is 4.90 Å². The van der Waals surface area contributed by atoms with Gasteiger partial charge in [0.2, 0.25) is 10.0 Å². The van der Waals surface area contributed by atoms with Crippen molar-refractivity contribution < 1.29 is 22.7 Å². The third-order valence-corrected chi connectivity index (χ3v) is 4.26. The molecule has 25 heavy (non-hydrogen) atoms. The average Bonchev–Trinajstić information content (AvgIpc) is 2.54. The van der Waals surface area contributed by atoms with Gasteiger partial charge in [-0.25, -0.2) is 13.6 Å². The molecular formula is C17H18N2O5S. The quantitative estimate of drug-likeness (QED) is 0.592. The molecule has 2 aromatic rings. The first-order valence-electron chi connectivity index (χ1n) is 7.44. The summed E-state index contributed by atoms with van der Waals surface area (Å²) >= 11 is 0. The number of carbonyl (C=O) groups is 2. The Morgan fingerprint density at radius 3 is 2.16 bits per heavy atom. The average molecular weight is 362 g/mol. The van der Waals surface area contributed by atoms with Gasteiger partial charge in [-0.1, -0.05) is 12.1 Å². The van der Waals surface area contributed by atoms with Crippen molar-refractivity contribution in [3.05, 3.63) is 59.7 Å². The molecule has 0 unspecified atom stereocenters. The zero-order valence-electron chi connectivity index (χ0n) is 13.6. The van der Waals surface area contributed by atoms with Crippen LogP contribution >= 0.6 is 0 Å². The van der Waals surface area contributed by atoms with Crippen LogP contribution in [0.2, 0.25) is 0 Å². The van der Waals surface area contributed by atoms with Crippen LogP contribution in [0.25, 0.3) is 0 Å². The fourth-order valence-electron chi connectivity index (χ4n) is 2.11. The van der Waals surface area contributed by atoms with Gasteiger partial charge >= 0.3 is 5.97 Å². The lowest BCUT2D eigenvalue weighted by Gasteiger charge is -2.07. The number of rotatable bonds is 6. The van der Waals surface area contributed by atoms with Crippen molar-refractivity contribution in [1.29, 1.82) is 0 Å². The lowest BCUT2D eigenvalue weighted by Crippen LogP contribution is -2.25. The maximum atomic E-state index is 12.0. The van der Waals surface area contributed by atoms with E-state index in [-0.39, 0.29) is 10.8 Å². The van der Waals surface area contributed by atoms with Gasteiger partial charge in [-0.3, -0.25) is 9.59 Å². The summed E-state index contributed by atoms with van der Waals surface area (Å²) in [6.45, 7) is 1.69. The van der Waals surface area contributed by atoms with E-state index in [4.69, 9.17) is 9.88 Å². The minimum Gasteiger partial charge on any atom is -0.427 e. The molecule has 0 saturated carbocycles. The third kappa shape index (κ3) is 5.70. The molecule has 0 aliphatic rings. The Hall–Kier alpha value is -2.71. The van der Waals surface area contributed by atoms with E-state index in [9.17, 15) is 18.0 Å². The number of amides is 1. The summed E-state index contributed by atoms with van der Waals surface area (Å²) in [5.74, 6) is -0.305. The number of carbonyl (C=O) groups excluding carboxylic acids is 2. The molecule has 0 bridgehead atoms. The second-order valence-corrected chi connectivity index (χ2v) is 6.87. The molecule has 0 atom stereocenters. The Morgan fingerprint density at radius 1 is 1.04 bits per heavy atom. The maximum Gasteiger partial charge on any atom is 0.308 e. The zero-order chi connectivity index (χ0) is 18.4. The van der Waals surface area contributed by atoms with E-state index in [1.807, 2.05) is 0 Å². The van der Waals surface area contributed by atoms with Crippen LogP contribution in [0.4, 0.5) is 0 Å². The van der Waals surface area contributed by atoms with Crippen LogP contribution in [-0.4, -0.2) is 26.8 Å². The molecule has 0 aliphatic heterocycles. The SMILES string of the molecule is CC(=O)Oc1ccc(C(=O)NCCc2ccc(S(N)(=O)=O)cc2)cc1. The van der Waals surface area contributed by atoms with Crippen molar-refractivity contribution in [2.45, 2.75) is 18.2 Å². The first-order valence-corrected chi connectivity index (χ1v) is 8.99. The predicted molar refractivity (Wildman–Crippen MR) is 91.6 cm³/mol. The number of sulfonamides is 1. The fourth-order valence-corrected chi connectivity index (χ4v) is 2.62. The Balaban J connectivity index is 1.87. The molecule has 1 amide bonds. The van der Waals surface area contributed by atoms with Crippen molar-refractivity contribution in [3.8, 4) is 5.75 Å². The van der Waals surface area contributed by atoms with Gasteiger partial charge in [-0.05, 0) is 48.4 Å². The summed E-state index contributed by atoms with van der Waals surface area (Å²) in [7, 11) is -3.70. The Morgan fingerprint density at radius 2 is 1.64 bits per heavy atom. The second kappa shape index (κ2) is 7.91. The van der Waals surface area contributed by atoms with Gasteiger partial charge in [0.15, 0.2) is 0 Å². The Bertz CT molecular complexity index is 859. The van der Waals surface area contributed by atoms with E-state index in [2.05, 4.69) is 5.32 Å². The predicted octanol–water partition coefficient (Wildman–Crippen LogP) is 1.23. The molecule has 8 heteroatoms. The van der Waals surface area contributed by atoms with Crippen LogP contribution < -0.4 is 15.2 Å². The van der Waals surface area contributed by atoms with E-state index in [0.29, 0.717) is 24.3 Å². The third-order valence-electron chi connectivity index (χ3n) is 3.33. The summed E-state index contributed by atoms with van der Waals surface area (Å²) in [6, 6.07) is 12.4. The van der Waals surface area contributed by atoms with Crippen molar-refractivity contribution in [3.63, 3.8) is 0 Å². The first-order chi connectivity index (χ1) is 11.8. The van der Waals surface area contributed by atoms with Gasteiger partial charge in [-0.15, -0.1) is 0 Å². The van der Waals surface area contributed by atoms with Crippen molar-refractivity contribution >= 4 is 21.9 Å². The van der Waals surface area contributed by atoms with Crippen molar-refractivity contribution in [1.82, 2.24) is 5.32 Å². The van der Waals surface area contributed by atoms with Gasteiger partial charge in [0.25, 0.3) is 5.91 Å². The maximum absolute atomic E-state index is 12.0. The highest BCUT2D eigenvalue weighted by Crippen LogP contribution is 2.12. The number of ether oxygens (including phenoxy) is 1. The molecule has 132 valence electrons. The molecule has 0 spiro atoms. The number of nitrogens with one attached hydrogen (secondary N) is 1. The van der Waals surface area contributed by atoms with Gasteiger partial charge in [0, 0.05) is 19.0 Å². The van der Waals surface area contributed by atoms with Crippen molar-refractivity contribution in [2.24, 2.45) is 5.14 Å². The van der Waals surface area contributed by atoms with E-state index >= 15 is 0 Å². The molecule has 2 rings (SSSR count). The highest BCUT2D eigenvalue weighted by molar-refractivity contribution is 7.89. The van der Waals surface area contributed by atoms with E-state index in [1.165, 1.54) is 19.1 Å². The summed E-state index contributed by atoms with van der Waals surface area (Å²) in [5.41, 5.74) is 1.32. The number of primary sulfonamides is 1. The van der Waals surface area contributed by atoms with Crippen LogP contribution in [0.1, 0.15) is 22.8 Å². The number of hydrogen-bond donors (Lipinski definition) is 2. The molecule has 0 radical (unpaired) electrons. The molecule has 0 aromatic heterocycles. The standard InChI is InChI=1S/C17H18N2O5S/c1-12(20)24-15-6-4-14(5-7-15)17(21)19-11-10-13-2-8-16(9-3-13)25(18,22)23/h2-9H,10-11H2,1H3,(H,19,21)(H2,18,22,23). The highest BCUT2D eigenvalue weighted by Gasteiger charge is 2.08. The van der Waals surface area contributed by atoms with Gasteiger partial charge < -0.3 is 10.1 Å². The molecule has 2 aromatic carbocycles. The van der Waals surface area contributed by atoms with Gasteiger partial charge in [0.1, 0.15) is 5.75 Å². The van der Waals surface area contributed by atoms with Crippen LogP contribution in [-0.2, 0) is 21.2 Å². The molecule has 0 heterocycles. The lowest BCUT2D eigenvalue weighted by molar-refractivity contribution is -0.131. The molecule has 0 saturated heterocycles. The van der Waals surface area contributed by atoms with Crippen LogP contribution in [0.15, 0.2) is 53.4 Å². The van der Waals surface area contributed by atoms with E-state index in [0.717, 1.165) is 5.56 Å². The van der Waals surface area contributed by atoms with E-state index < -0.39 is 16.0 Å². The minimum atomic E-state index is -3.70. The van der Waals surface area contributed by atoms with Crippen LogP contribution in [0.3, 0.4) is 0 Å². The largest absolute Gasteiger partial charge is 0.427 e. The number of nitrogens with two attached hydrogens (primary N) is 1. The monoisotopic (exact) mass is 362 g/mol. The number of benzene rings is 2. The number of hydrogen-bond acceptors (Lipinski definition) is 5. The molecular weight excluding hydrogens is 344 g/mol. The summed E-state index contributed by atoms with van der Waals surface area (Å²) in [6.07, 6.45) is 0.544. The topological polar surface area (TPSA) is 116 Å². The van der Waals surface area contributed by atoms with Crippen LogP contribution in [0, 0.1) is 0 Å². The zero-order valence-corrected chi connectivity index (χ0v) is 14.4. The van der Waals surface area contributed by atoms with Gasteiger partial charge in [-0.2, -0.15) is 0 Å². The van der Waals surface area contributed by atoms with E-state index in [1.54, 1.807) is 36.4 Å². The normalized spacial score (nSPS) is 11.0. The fraction of sp³-hybridized carbons (Fsp3) is 0.176. The molecule has 0 fully saturated rings. The highest BCUT2D eigenvalue weighted by atomic mass is 32.2. The number of esters is 1. The summed E-state index contributed by atoms with van der Waals surface area (Å²) in [5, 5.41) is 7.80. The second-order valence-electron chi connectivity index (χ2n) is 5.31. The smallest absolute Gasteiger partial charge is 0.308 e. The molecule has 3 N–H and O–H groups in total. The Labute approximate surface area is 145 Å². The Kier molecular flexibility index (Phi) is 5.89. The molecule has 7 nitrogen and oxygen atoms in total. The molecule has 0 aliphatic carbocycles.